The lowest BCUT2D eigenvalue weighted by Gasteiger charge is -2.36. The number of rotatable bonds is 5. The summed E-state index contributed by atoms with van der Waals surface area (Å²) < 4.78 is 5.52. The van der Waals surface area contributed by atoms with E-state index >= 15 is 0 Å². The molecule has 144 valence electrons. The van der Waals surface area contributed by atoms with Gasteiger partial charge >= 0.3 is 0 Å². The van der Waals surface area contributed by atoms with Gasteiger partial charge in [0.1, 0.15) is 11.7 Å². The van der Waals surface area contributed by atoms with Crippen LogP contribution in [-0.2, 0) is 14.3 Å². The molecule has 1 N–H and O–H groups in total. The standard InChI is InChI=1S/C20H26N4O3/c1-20(2,3)23-18(25)17(14-6-4-9-21-12-14)24(15-8-11-27-13-15)19(26)16-7-5-10-22-16/h4,6-7,9-10,12,15,17H,5,8,11,13H2,1-3H3,(H,23,25). The van der Waals surface area contributed by atoms with E-state index in [1.807, 2.05) is 26.8 Å². The van der Waals surface area contributed by atoms with Crippen molar-refractivity contribution in [2.75, 3.05) is 13.2 Å². The molecule has 0 aromatic carbocycles. The van der Waals surface area contributed by atoms with Crippen molar-refractivity contribution in [1.82, 2.24) is 15.2 Å². The van der Waals surface area contributed by atoms with Gasteiger partial charge in [0.05, 0.1) is 12.6 Å². The molecule has 3 rings (SSSR count). The Hall–Kier alpha value is -2.54. The van der Waals surface area contributed by atoms with E-state index in [0.717, 1.165) is 0 Å². The zero-order chi connectivity index (χ0) is 19.4. The van der Waals surface area contributed by atoms with Gasteiger partial charge in [0.2, 0.25) is 5.91 Å². The number of hydrogen-bond acceptors (Lipinski definition) is 5. The summed E-state index contributed by atoms with van der Waals surface area (Å²) in [5, 5.41) is 3.01. The van der Waals surface area contributed by atoms with Crippen molar-refractivity contribution in [3.8, 4) is 0 Å². The van der Waals surface area contributed by atoms with E-state index in [1.165, 1.54) is 0 Å². The van der Waals surface area contributed by atoms with E-state index in [9.17, 15) is 9.59 Å². The Morgan fingerprint density at radius 3 is 2.74 bits per heavy atom. The summed E-state index contributed by atoms with van der Waals surface area (Å²) in [5.74, 6) is -0.490. The van der Waals surface area contributed by atoms with E-state index in [2.05, 4.69) is 15.3 Å². The molecule has 0 saturated carbocycles. The largest absolute Gasteiger partial charge is 0.379 e. The predicted octanol–water partition coefficient (Wildman–Crippen LogP) is 2.01. The maximum atomic E-state index is 13.3. The van der Waals surface area contributed by atoms with Crippen molar-refractivity contribution in [3.63, 3.8) is 0 Å². The second kappa shape index (κ2) is 8.00. The number of amides is 2. The van der Waals surface area contributed by atoms with E-state index in [1.54, 1.807) is 35.7 Å². The summed E-state index contributed by atoms with van der Waals surface area (Å²) in [5.41, 5.74) is 0.616. The molecule has 2 amide bonds. The molecule has 27 heavy (non-hydrogen) atoms. The van der Waals surface area contributed by atoms with Gasteiger partial charge in [-0.25, -0.2) is 0 Å². The number of ether oxygens (including phenoxy) is 1. The number of nitrogens with zero attached hydrogens (tertiary/aromatic N) is 3. The smallest absolute Gasteiger partial charge is 0.273 e. The van der Waals surface area contributed by atoms with Crippen LogP contribution in [0.4, 0.5) is 0 Å². The van der Waals surface area contributed by atoms with Crippen molar-refractivity contribution in [2.24, 2.45) is 4.99 Å². The topological polar surface area (TPSA) is 83.9 Å². The summed E-state index contributed by atoms with van der Waals surface area (Å²) in [6.07, 6.45) is 8.08. The second-order valence-corrected chi connectivity index (χ2v) is 7.79. The molecule has 1 saturated heterocycles. The summed E-state index contributed by atoms with van der Waals surface area (Å²) >= 11 is 0. The van der Waals surface area contributed by atoms with Crippen molar-refractivity contribution in [2.45, 2.75) is 51.2 Å². The fraction of sp³-hybridized carbons (Fsp3) is 0.500. The fourth-order valence-corrected chi connectivity index (χ4v) is 3.29. The SMILES string of the molecule is CC(C)(C)NC(=O)C(c1cccnc1)N(C(=O)C1=CCC=N1)C1CCOC1. The number of pyridine rings is 1. The van der Waals surface area contributed by atoms with E-state index < -0.39 is 11.6 Å². The summed E-state index contributed by atoms with van der Waals surface area (Å²) in [6, 6.07) is 2.61. The van der Waals surface area contributed by atoms with E-state index in [0.29, 0.717) is 37.3 Å². The molecule has 1 aromatic heterocycles. The fourth-order valence-electron chi connectivity index (χ4n) is 3.29. The van der Waals surface area contributed by atoms with Crippen LogP contribution in [0.15, 0.2) is 41.3 Å². The minimum atomic E-state index is -0.797. The first kappa shape index (κ1) is 19.2. The van der Waals surface area contributed by atoms with Crippen LogP contribution in [0.2, 0.25) is 0 Å². The molecular formula is C20H26N4O3. The average molecular weight is 370 g/mol. The Morgan fingerprint density at radius 2 is 2.19 bits per heavy atom. The van der Waals surface area contributed by atoms with Gasteiger partial charge in [0.25, 0.3) is 5.91 Å². The van der Waals surface area contributed by atoms with Gasteiger partial charge in [-0.3, -0.25) is 19.6 Å². The third kappa shape index (κ3) is 4.60. The maximum Gasteiger partial charge on any atom is 0.273 e. The van der Waals surface area contributed by atoms with Crippen LogP contribution in [0.3, 0.4) is 0 Å². The van der Waals surface area contributed by atoms with Crippen molar-refractivity contribution < 1.29 is 14.3 Å². The number of carbonyl (C=O) groups is 2. The molecule has 1 fully saturated rings. The predicted molar refractivity (Wildman–Crippen MR) is 102 cm³/mol. The Morgan fingerprint density at radius 1 is 1.37 bits per heavy atom. The lowest BCUT2D eigenvalue weighted by Crippen LogP contribution is -2.52. The molecular weight excluding hydrogens is 344 g/mol. The number of carbonyl (C=O) groups excluding carboxylic acids is 2. The highest BCUT2D eigenvalue weighted by Crippen LogP contribution is 2.29. The molecule has 0 bridgehead atoms. The van der Waals surface area contributed by atoms with Crippen LogP contribution in [0.5, 0.6) is 0 Å². The molecule has 7 heteroatoms. The van der Waals surface area contributed by atoms with Crippen LogP contribution in [-0.4, -0.2) is 52.7 Å². The summed E-state index contributed by atoms with van der Waals surface area (Å²) in [6.45, 7) is 6.72. The van der Waals surface area contributed by atoms with Crippen LogP contribution in [0.25, 0.3) is 0 Å². The van der Waals surface area contributed by atoms with Gasteiger partial charge in [-0.15, -0.1) is 0 Å². The molecule has 2 aliphatic heterocycles. The number of allylic oxidation sites excluding steroid dienone is 1. The number of hydrogen-bond donors (Lipinski definition) is 1. The first-order chi connectivity index (χ1) is 12.9. The zero-order valence-corrected chi connectivity index (χ0v) is 16.0. The second-order valence-electron chi connectivity index (χ2n) is 7.79. The molecule has 0 aliphatic carbocycles. The Kier molecular flexibility index (Phi) is 5.70. The minimum Gasteiger partial charge on any atom is -0.379 e. The van der Waals surface area contributed by atoms with Crippen molar-refractivity contribution >= 4 is 18.0 Å². The van der Waals surface area contributed by atoms with Crippen LogP contribution in [0, 0.1) is 0 Å². The highest BCUT2D eigenvalue weighted by Gasteiger charge is 2.40. The first-order valence-electron chi connectivity index (χ1n) is 9.22. The number of aromatic nitrogens is 1. The first-order valence-corrected chi connectivity index (χ1v) is 9.22. The third-order valence-corrected chi connectivity index (χ3v) is 4.42. The molecule has 2 atom stereocenters. The van der Waals surface area contributed by atoms with Crippen molar-refractivity contribution in [3.05, 3.63) is 41.9 Å². The average Bonchev–Trinajstić information content (AvgIpc) is 3.31. The number of aliphatic imine (C=N–C) groups is 1. The molecule has 2 unspecified atom stereocenters. The van der Waals surface area contributed by atoms with Gasteiger partial charge < -0.3 is 15.0 Å². The van der Waals surface area contributed by atoms with Gasteiger partial charge in [-0.1, -0.05) is 6.07 Å². The van der Waals surface area contributed by atoms with Gasteiger partial charge in [-0.2, -0.15) is 0 Å². The molecule has 7 nitrogen and oxygen atoms in total. The minimum absolute atomic E-state index is 0.190. The van der Waals surface area contributed by atoms with Gasteiger partial charge in [-0.05, 0) is 39.3 Å². The monoisotopic (exact) mass is 370 g/mol. The normalized spacial score (nSPS) is 20.3. The van der Waals surface area contributed by atoms with Gasteiger partial charge in [0, 0.05) is 42.7 Å². The Bertz CT molecular complexity index is 746. The van der Waals surface area contributed by atoms with Crippen LogP contribution < -0.4 is 5.32 Å². The lowest BCUT2D eigenvalue weighted by atomic mass is 10.0. The Labute approximate surface area is 159 Å². The highest BCUT2D eigenvalue weighted by molar-refractivity contribution is 5.99. The van der Waals surface area contributed by atoms with Crippen LogP contribution >= 0.6 is 0 Å². The van der Waals surface area contributed by atoms with Crippen LogP contribution in [0.1, 0.15) is 45.2 Å². The molecule has 0 radical (unpaired) electrons. The Balaban J connectivity index is 2.02. The number of nitrogens with one attached hydrogen (secondary N) is 1. The molecule has 3 heterocycles. The zero-order valence-electron chi connectivity index (χ0n) is 16.0. The van der Waals surface area contributed by atoms with E-state index in [4.69, 9.17) is 4.74 Å². The molecule has 2 aliphatic rings. The molecule has 0 spiro atoms. The lowest BCUT2D eigenvalue weighted by molar-refractivity contribution is -0.141. The maximum absolute atomic E-state index is 13.3. The van der Waals surface area contributed by atoms with Crippen molar-refractivity contribution in [1.29, 1.82) is 0 Å². The summed E-state index contributed by atoms with van der Waals surface area (Å²) in [4.78, 5) is 36.5. The van der Waals surface area contributed by atoms with Gasteiger partial charge in [0.15, 0.2) is 0 Å². The highest BCUT2D eigenvalue weighted by atomic mass is 16.5. The van der Waals surface area contributed by atoms with E-state index in [-0.39, 0.29) is 17.9 Å². The third-order valence-electron chi connectivity index (χ3n) is 4.42. The quantitative estimate of drug-likeness (QED) is 0.859. The summed E-state index contributed by atoms with van der Waals surface area (Å²) in [7, 11) is 0. The molecule has 1 aromatic rings.